The van der Waals surface area contributed by atoms with Crippen LogP contribution in [0.15, 0.2) is 4.99 Å². The lowest BCUT2D eigenvalue weighted by Gasteiger charge is -2.39. The zero-order valence-electron chi connectivity index (χ0n) is 6.98. The van der Waals surface area contributed by atoms with Crippen molar-refractivity contribution in [2.24, 2.45) is 4.99 Å². The molecule has 1 aliphatic carbocycles. The second-order valence-electron chi connectivity index (χ2n) is 3.70. The molecule has 1 saturated carbocycles. The van der Waals surface area contributed by atoms with E-state index >= 15 is 0 Å². The molecule has 3 heteroatoms. The molecule has 2 N–H and O–H groups in total. The fraction of sp³-hybridized carbons (Fsp3) is 0.875. The van der Waals surface area contributed by atoms with Crippen LogP contribution in [0, 0.1) is 0 Å². The van der Waals surface area contributed by atoms with Gasteiger partial charge in [-0.05, 0) is 26.2 Å². The third kappa shape index (κ3) is 1.32. The number of hydrogen-bond donors (Lipinski definition) is 2. The molecular formula is C8H15N3. The summed E-state index contributed by atoms with van der Waals surface area (Å²) in [7, 11) is 0. The van der Waals surface area contributed by atoms with Gasteiger partial charge in [-0.1, -0.05) is 0 Å². The molecule has 11 heavy (non-hydrogen) atoms. The van der Waals surface area contributed by atoms with Crippen LogP contribution in [0.5, 0.6) is 0 Å². The lowest BCUT2D eigenvalue weighted by molar-refractivity contribution is 0.242. The Hall–Kier alpha value is -0.730. The van der Waals surface area contributed by atoms with Crippen molar-refractivity contribution in [2.75, 3.05) is 13.1 Å². The number of rotatable bonds is 1. The van der Waals surface area contributed by atoms with Gasteiger partial charge in [0.2, 0.25) is 0 Å². The highest BCUT2D eigenvalue weighted by Gasteiger charge is 2.32. The van der Waals surface area contributed by atoms with Crippen molar-refractivity contribution in [3.63, 3.8) is 0 Å². The Morgan fingerprint density at radius 3 is 2.82 bits per heavy atom. The van der Waals surface area contributed by atoms with E-state index in [1.807, 2.05) is 0 Å². The average molecular weight is 153 g/mol. The molecule has 0 atom stereocenters. The molecule has 2 aliphatic rings. The molecule has 1 aliphatic heterocycles. The smallest absolute Gasteiger partial charge is 0.191 e. The fourth-order valence-corrected chi connectivity index (χ4v) is 1.60. The fourth-order valence-electron chi connectivity index (χ4n) is 1.60. The maximum atomic E-state index is 4.30. The largest absolute Gasteiger partial charge is 0.355 e. The number of nitrogens with zero attached hydrogens (tertiary/aromatic N) is 1. The first kappa shape index (κ1) is 6.95. The molecule has 0 aromatic rings. The van der Waals surface area contributed by atoms with E-state index in [1.165, 1.54) is 19.3 Å². The van der Waals surface area contributed by atoms with E-state index in [1.54, 1.807) is 0 Å². The first-order valence-electron chi connectivity index (χ1n) is 4.35. The summed E-state index contributed by atoms with van der Waals surface area (Å²) in [6.07, 6.45) is 3.93. The SMILES string of the molecule is CC1(NC2=NCCN2)CCC1. The first-order chi connectivity index (χ1) is 5.29. The molecule has 62 valence electrons. The zero-order valence-corrected chi connectivity index (χ0v) is 6.98. The molecule has 0 saturated heterocycles. The van der Waals surface area contributed by atoms with E-state index in [4.69, 9.17) is 0 Å². The normalized spacial score (nSPS) is 26.8. The van der Waals surface area contributed by atoms with Gasteiger partial charge in [0.15, 0.2) is 5.96 Å². The molecule has 2 rings (SSSR count). The van der Waals surface area contributed by atoms with E-state index in [0.29, 0.717) is 5.54 Å². The third-order valence-corrected chi connectivity index (χ3v) is 2.55. The van der Waals surface area contributed by atoms with Gasteiger partial charge in [0.1, 0.15) is 0 Å². The average Bonchev–Trinajstić information content (AvgIpc) is 2.36. The molecular weight excluding hydrogens is 138 g/mol. The summed E-state index contributed by atoms with van der Waals surface area (Å²) >= 11 is 0. The van der Waals surface area contributed by atoms with Gasteiger partial charge >= 0.3 is 0 Å². The van der Waals surface area contributed by atoms with E-state index in [9.17, 15) is 0 Å². The van der Waals surface area contributed by atoms with Crippen LogP contribution in [0.3, 0.4) is 0 Å². The minimum absolute atomic E-state index is 0.343. The van der Waals surface area contributed by atoms with Crippen LogP contribution in [0.2, 0.25) is 0 Å². The predicted octanol–water partition coefficient (Wildman–Crippen LogP) is 0.478. The van der Waals surface area contributed by atoms with Crippen LogP contribution in [0.4, 0.5) is 0 Å². The van der Waals surface area contributed by atoms with Crippen molar-refractivity contribution >= 4 is 5.96 Å². The Morgan fingerprint density at radius 1 is 1.55 bits per heavy atom. The summed E-state index contributed by atoms with van der Waals surface area (Å²) in [4.78, 5) is 4.30. The second-order valence-corrected chi connectivity index (χ2v) is 3.70. The van der Waals surface area contributed by atoms with Crippen molar-refractivity contribution < 1.29 is 0 Å². The Labute approximate surface area is 67.3 Å². The number of hydrogen-bond acceptors (Lipinski definition) is 3. The summed E-state index contributed by atoms with van der Waals surface area (Å²) in [6, 6.07) is 0. The minimum Gasteiger partial charge on any atom is -0.355 e. The summed E-state index contributed by atoms with van der Waals surface area (Å²) in [5, 5.41) is 6.65. The minimum atomic E-state index is 0.343. The molecule has 1 heterocycles. The highest BCUT2D eigenvalue weighted by atomic mass is 15.2. The molecule has 0 amide bonds. The second kappa shape index (κ2) is 2.40. The maximum Gasteiger partial charge on any atom is 0.191 e. The molecule has 3 nitrogen and oxygen atoms in total. The third-order valence-electron chi connectivity index (χ3n) is 2.55. The summed E-state index contributed by atoms with van der Waals surface area (Å²) in [5.41, 5.74) is 0.343. The van der Waals surface area contributed by atoms with E-state index in [2.05, 4.69) is 22.5 Å². The monoisotopic (exact) mass is 153 g/mol. The van der Waals surface area contributed by atoms with Crippen LogP contribution >= 0.6 is 0 Å². The van der Waals surface area contributed by atoms with E-state index < -0.39 is 0 Å². The van der Waals surface area contributed by atoms with Crippen molar-refractivity contribution in [3.05, 3.63) is 0 Å². The van der Waals surface area contributed by atoms with Crippen LogP contribution in [-0.2, 0) is 0 Å². The van der Waals surface area contributed by atoms with Crippen LogP contribution in [-0.4, -0.2) is 24.6 Å². The van der Waals surface area contributed by atoms with Crippen LogP contribution in [0.1, 0.15) is 26.2 Å². The van der Waals surface area contributed by atoms with Gasteiger partial charge in [-0.15, -0.1) is 0 Å². The molecule has 0 spiro atoms. The van der Waals surface area contributed by atoms with Crippen molar-refractivity contribution in [1.29, 1.82) is 0 Å². The van der Waals surface area contributed by atoms with Gasteiger partial charge in [0.25, 0.3) is 0 Å². The van der Waals surface area contributed by atoms with Gasteiger partial charge in [-0.25, -0.2) is 0 Å². The van der Waals surface area contributed by atoms with Gasteiger partial charge in [0.05, 0.1) is 6.54 Å². The highest BCUT2D eigenvalue weighted by Crippen LogP contribution is 2.30. The molecule has 0 unspecified atom stereocenters. The zero-order chi connectivity index (χ0) is 7.73. The summed E-state index contributed by atoms with van der Waals surface area (Å²) in [6.45, 7) is 4.19. The first-order valence-corrected chi connectivity index (χ1v) is 4.35. The number of nitrogens with one attached hydrogen (secondary N) is 2. The van der Waals surface area contributed by atoms with Crippen molar-refractivity contribution in [3.8, 4) is 0 Å². The van der Waals surface area contributed by atoms with Gasteiger partial charge in [-0.2, -0.15) is 0 Å². The Bertz CT molecular complexity index is 182. The summed E-state index contributed by atoms with van der Waals surface area (Å²) in [5.74, 6) is 1.01. The molecule has 0 bridgehead atoms. The van der Waals surface area contributed by atoms with E-state index in [-0.39, 0.29) is 0 Å². The molecule has 0 aromatic heterocycles. The number of aliphatic imine (C=N–C) groups is 1. The topological polar surface area (TPSA) is 36.4 Å². The quantitative estimate of drug-likeness (QED) is 0.575. The Balaban J connectivity index is 1.88. The van der Waals surface area contributed by atoms with Gasteiger partial charge in [0, 0.05) is 12.1 Å². The lowest BCUT2D eigenvalue weighted by Crippen LogP contribution is -2.53. The molecule has 0 aromatic carbocycles. The predicted molar refractivity (Wildman–Crippen MR) is 45.7 cm³/mol. The molecule has 1 fully saturated rings. The van der Waals surface area contributed by atoms with Crippen molar-refractivity contribution in [2.45, 2.75) is 31.7 Å². The Kier molecular flexibility index (Phi) is 1.51. The summed E-state index contributed by atoms with van der Waals surface area (Å²) < 4.78 is 0. The van der Waals surface area contributed by atoms with Gasteiger partial charge < -0.3 is 10.6 Å². The van der Waals surface area contributed by atoms with Crippen LogP contribution in [0.25, 0.3) is 0 Å². The standard InChI is InChI=1S/C8H15N3/c1-8(3-2-4-8)11-7-9-5-6-10-7/h2-6H2,1H3,(H2,9,10,11). The maximum absolute atomic E-state index is 4.30. The van der Waals surface area contributed by atoms with E-state index in [0.717, 1.165) is 19.0 Å². The number of guanidine groups is 1. The Morgan fingerprint density at radius 2 is 2.36 bits per heavy atom. The molecule has 0 radical (unpaired) electrons. The van der Waals surface area contributed by atoms with Crippen LogP contribution < -0.4 is 10.6 Å². The lowest BCUT2D eigenvalue weighted by atomic mass is 9.79. The van der Waals surface area contributed by atoms with Gasteiger partial charge in [-0.3, -0.25) is 4.99 Å². The highest BCUT2D eigenvalue weighted by molar-refractivity contribution is 5.82. The van der Waals surface area contributed by atoms with Crippen molar-refractivity contribution in [1.82, 2.24) is 10.6 Å².